The summed E-state index contributed by atoms with van der Waals surface area (Å²) in [5.41, 5.74) is 3.69. The van der Waals surface area contributed by atoms with Crippen LogP contribution in [-0.4, -0.2) is 16.8 Å². The highest BCUT2D eigenvalue weighted by atomic mass is 32.1. The number of hydrogen-bond acceptors (Lipinski definition) is 4. The predicted octanol–water partition coefficient (Wildman–Crippen LogP) is 5.62. The molecule has 1 heterocycles. The largest absolute Gasteiger partial charge is 0.322 e. The Labute approximate surface area is 178 Å². The topological polar surface area (TPSA) is 71.1 Å². The minimum Gasteiger partial charge on any atom is -0.322 e. The zero-order valence-electron chi connectivity index (χ0n) is 16.3. The van der Waals surface area contributed by atoms with Crippen LogP contribution in [0.5, 0.6) is 0 Å². The number of carbonyl (C=O) groups is 2. The molecule has 0 aliphatic heterocycles. The zero-order chi connectivity index (χ0) is 20.9. The van der Waals surface area contributed by atoms with Crippen molar-refractivity contribution in [2.45, 2.75) is 6.92 Å². The van der Waals surface area contributed by atoms with E-state index in [-0.39, 0.29) is 11.8 Å². The van der Waals surface area contributed by atoms with Crippen molar-refractivity contribution in [3.63, 3.8) is 0 Å². The van der Waals surface area contributed by atoms with Gasteiger partial charge in [0.1, 0.15) is 10.8 Å². The number of nitrogens with one attached hydrogen (secondary N) is 2. The Morgan fingerprint density at radius 1 is 0.833 bits per heavy atom. The number of amides is 2. The number of thiazole rings is 1. The van der Waals surface area contributed by atoms with Gasteiger partial charge < -0.3 is 10.6 Å². The van der Waals surface area contributed by atoms with Crippen LogP contribution in [0.25, 0.3) is 10.6 Å². The quantitative estimate of drug-likeness (QED) is 0.446. The van der Waals surface area contributed by atoms with Gasteiger partial charge in [0.2, 0.25) is 0 Å². The molecule has 2 N–H and O–H groups in total. The zero-order valence-corrected chi connectivity index (χ0v) is 17.1. The van der Waals surface area contributed by atoms with Gasteiger partial charge in [0, 0.05) is 27.8 Å². The molecular formula is C24H19N3O2S. The highest BCUT2D eigenvalue weighted by Gasteiger charge is 2.12. The summed E-state index contributed by atoms with van der Waals surface area (Å²) in [6.07, 6.45) is 0. The lowest BCUT2D eigenvalue weighted by Gasteiger charge is -2.08. The smallest absolute Gasteiger partial charge is 0.256 e. The van der Waals surface area contributed by atoms with E-state index in [1.807, 2.05) is 67.6 Å². The molecule has 0 radical (unpaired) electrons. The van der Waals surface area contributed by atoms with Gasteiger partial charge in [-0.3, -0.25) is 9.59 Å². The lowest BCUT2D eigenvalue weighted by atomic mass is 10.1. The highest BCUT2D eigenvalue weighted by Crippen LogP contribution is 2.28. The Bertz CT molecular complexity index is 1200. The Kier molecular flexibility index (Phi) is 5.68. The fourth-order valence-electron chi connectivity index (χ4n) is 3.00. The van der Waals surface area contributed by atoms with Gasteiger partial charge in [-0.25, -0.2) is 4.98 Å². The summed E-state index contributed by atoms with van der Waals surface area (Å²) in [5.74, 6) is 0.144. The summed E-state index contributed by atoms with van der Waals surface area (Å²) >= 11 is 1.43. The van der Waals surface area contributed by atoms with Crippen LogP contribution in [0, 0.1) is 6.92 Å². The summed E-state index contributed by atoms with van der Waals surface area (Å²) in [7, 11) is 0. The van der Waals surface area contributed by atoms with E-state index in [0.717, 1.165) is 16.1 Å². The van der Waals surface area contributed by atoms with Crippen molar-refractivity contribution in [2.75, 3.05) is 10.6 Å². The first-order valence-electron chi connectivity index (χ1n) is 9.39. The minimum absolute atomic E-state index is 0.153. The molecule has 3 aromatic carbocycles. The van der Waals surface area contributed by atoms with Crippen LogP contribution in [0.2, 0.25) is 0 Å². The summed E-state index contributed by atoms with van der Waals surface area (Å²) in [6.45, 7) is 1.91. The number of anilines is 2. The van der Waals surface area contributed by atoms with Crippen molar-refractivity contribution >= 4 is 34.7 Å². The first kappa shape index (κ1) is 19.5. The minimum atomic E-state index is -0.202. The summed E-state index contributed by atoms with van der Waals surface area (Å²) in [5, 5.41) is 8.31. The van der Waals surface area contributed by atoms with Crippen LogP contribution in [-0.2, 0) is 0 Å². The molecule has 0 fully saturated rings. The fraction of sp³-hybridized carbons (Fsp3) is 0.0417. The van der Waals surface area contributed by atoms with Gasteiger partial charge in [0.15, 0.2) is 0 Å². The Hall–Kier alpha value is -3.77. The molecule has 0 spiro atoms. The van der Waals surface area contributed by atoms with Crippen LogP contribution in [0.4, 0.5) is 11.5 Å². The third-order valence-electron chi connectivity index (χ3n) is 4.54. The molecule has 0 unspecified atom stereocenters. The maximum absolute atomic E-state index is 12.6. The first-order valence-corrected chi connectivity index (χ1v) is 10.3. The number of aryl methyl sites for hydroxylation is 1. The first-order chi connectivity index (χ1) is 14.6. The number of benzene rings is 3. The van der Waals surface area contributed by atoms with E-state index in [4.69, 9.17) is 0 Å². The Morgan fingerprint density at radius 3 is 2.40 bits per heavy atom. The number of aromatic nitrogens is 1. The van der Waals surface area contributed by atoms with E-state index in [0.29, 0.717) is 22.6 Å². The molecular weight excluding hydrogens is 394 g/mol. The van der Waals surface area contributed by atoms with Crippen LogP contribution < -0.4 is 10.6 Å². The average Bonchev–Trinajstić information content (AvgIpc) is 3.23. The van der Waals surface area contributed by atoms with Gasteiger partial charge in [0.05, 0.1) is 0 Å². The number of rotatable bonds is 5. The summed E-state index contributed by atoms with van der Waals surface area (Å²) in [4.78, 5) is 29.4. The molecule has 0 aliphatic carbocycles. The van der Waals surface area contributed by atoms with Crippen molar-refractivity contribution in [3.05, 3.63) is 101 Å². The van der Waals surface area contributed by atoms with Crippen LogP contribution in [0.3, 0.4) is 0 Å². The van der Waals surface area contributed by atoms with Gasteiger partial charge >= 0.3 is 0 Å². The molecule has 5 nitrogen and oxygen atoms in total. The van der Waals surface area contributed by atoms with Gasteiger partial charge in [-0.05, 0) is 42.8 Å². The predicted molar refractivity (Wildman–Crippen MR) is 121 cm³/mol. The van der Waals surface area contributed by atoms with E-state index in [1.165, 1.54) is 11.3 Å². The SMILES string of the molecule is Cc1ccccc1C(=O)Nc1cccc(-c2nc(NC(=O)c3ccccc3)cs2)c1. The van der Waals surface area contributed by atoms with Crippen molar-refractivity contribution in [3.8, 4) is 10.6 Å². The molecule has 4 rings (SSSR count). The third kappa shape index (κ3) is 4.45. The number of carbonyl (C=O) groups excluding carboxylic acids is 2. The molecule has 0 saturated heterocycles. The average molecular weight is 414 g/mol. The molecule has 0 aliphatic rings. The Balaban J connectivity index is 1.48. The van der Waals surface area contributed by atoms with Gasteiger partial charge in [0.25, 0.3) is 11.8 Å². The molecule has 0 bridgehead atoms. The fourth-order valence-corrected chi connectivity index (χ4v) is 3.75. The van der Waals surface area contributed by atoms with Crippen molar-refractivity contribution in [1.82, 2.24) is 4.98 Å². The third-order valence-corrected chi connectivity index (χ3v) is 5.43. The van der Waals surface area contributed by atoms with E-state index < -0.39 is 0 Å². The maximum Gasteiger partial charge on any atom is 0.256 e. The van der Waals surface area contributed by atoms with Crippen molar-refractivity contribution in [2.24, 2.45) is 0 Å². The Morgan fingerprint density at radius 2 is 1.60 bits per heavy atom. The normalized spacial score (nSPS) is 10.4. The van der Waals surface area contributed by atoms with Crippen LogP contribution in [0.15, 0.2) is 84.2 Å². The second kappa shape index (κ2) is 8.71. The molecule has 0 atom stereocenters. The monoisotopic (exact) mass is 413 g/mol. The van der Waals surface area contributed by atoms with Crippen LogP contribution >= 0.6 is 11.3 Å². The highest BCUT2D eigenvalue weighted by molar-refractivity contribution is 7.13. The molecule has 0 saturated carbocycles. The van der Waals surface area contributed by atoms with Gasteiger partial charge in [-0.2, -0.15) is 0 Å². The summed E-state index contributed by atoms with van der Waals surface area (Å²) in [6, 6.07) is 24.0. The van der Waals surface area contributed by atoms with Gasteiger partial charge in [-0.1, -0.05) is 48.5 Å². The van der Waals surface area contributed by atoms with Crippen molar-refractivity contribution < 1.29 is 9.59 Å². The number of nitrogens with zero attached hydrogens (tertiary/aromatic N) is 1. The van der Waals surface area contributed by atoms with E-state index >= 15 is 0 Å². The van der Waals surface area contributed by atoms with Gasteiger partial charge in [-0.15, -0.1) is 11.3 Å². The standard InChI is InChI=1S/C24H19N3O2S/c1-16-8-5-6-13-20(16)23(29)25-19-12-7-11-18(14-19)24-27-21(15-30-24)26-22(28)17-9-3-2-4-10-17/h2-15H,1H3,(H,25,29)(H,26,28). The van der Waals surface area contributed by atoms with E-state index in [1.54, 1.807) is 23.6 Å². The molecule has 1 aromatic heterocycles. The lowest BCUT2D eigenvalue weighted by molar-refractivity contribution is 0.101. The lowest BCUT2D eigenvalue weighted by Crippen LogP contribution is -2.13. The van der Waals surface area contributed by atoms with Crippen molar-refractivity contribution in [1.29, 1.82) is 0 Å². The molecule has 6 heteroatoms. The summed E-state index contributed by atoms with van der Waals surface area (Å²) < 4.78 is 0. The molecule has 2 amide bonds. The number of hydrogen-bond donors (Lipinski definition) is 2. The molecule has 30 heavy (non-hydrogen) atoms. The van der Waals surface area contributed by atoms with E-state index in [9.17, 15) is 9.59 Å². The second-order valence-corrected chi connectivity index (χ2v) is 7.57. The maximum atomic E-state index is 12.6. The second-order valence-electron chi connectivity index (χ2n) is 6.71. The van der Waals surface area contributed by atoms with E-state index in [2.05, 4.69) is 15.6 Å². The molecule has 148 valence electrons. The van der Waals surface area contributed by atoms with Crippen LogP contribution in [0.1, 0.15) is 26.3 Å². The molecule has 4 aromatic rings.